The summed E-state index contributed by atoms with van der Waals surface area (Å²) in [6, 6.07) is 11.2. The van der Waals surface area contributed by atoms with Gasteiger partial charge in [-0.15, -0.1) is 0 Å². The van der Waals surface area contributed by atoms with Crippen molar-refractivity contribution in [1.29, 1.82) is 0 Å². The molecule has 1 heterocycles. The molecule has 0 atom stereocenters. The minimum atomic E-state index is -0.0430. The van der Waals surface area contributed by atoms with Gasteiger partial charge >= 0.3 is 0 Å². The molecule has 0 unspecified atom stereocenters. The Balaban J connectivity index is 1.75. The predicted molar refractivity (Wildman–Crippen MR) is 83.6 cm³/mol. The van der Waals surface area contributed by atoms with E-state index in [1.54, 1.807) is 12.1 Å². The normalized spacial score (nSPS) is 10.6. The summed E-state index contributed by atoms with van der Waals surface area (Å²) in [5.41, 5.74) is 0.659. The fraction of sp³-hybridized carbons (Fsp3) is 0.353. The van der Waals surface area contributed by atoms with Crippen LogP contribution in [0.25, 0.3) is 0 Å². The molecule has 1 aromatic heterocycles. The van der Waals surface area contributed by atoms with Gasteiger partial charge in [-0.1, -0.05) is 0 Å². The van der Waals surface area contributed by atoms with Gasteiger partial charge in [-0.2, -0.15) is 0 Å². The second kappa shape index (κ2) is 7.53. The first-order valence-electron chi connectivity index (χ1n) is 7.31. The quantitative estimate of drug-likeness (QED) is 0.795. The van der Waals surface area contributed by atoms with E-state index < -0.39 is 0 Å². The van der Waals surface area contributed by atoms with E-state index >= 15 is 0 Å². The number of aromatic nitrogens is 1. The number of ether oxygens (including phenoxy) is 1. The van der Waals surface area contributed by atoms with Gasteiger partial charge in [0.25, 0.3) is 5.91 Å². The van der Waals surface area contributed by atoms with Crippen molar-refractivity contribution in [2.75, 3.05) is 6.54 Å². The van der Waals surface area contributed by atoms with Crippen molar-refractivity contribution in [3.8, 4) is 5.75 Å². The zero-order valence-electron chi connectivity index (χ0n) is 12.6. The van der Waals surface area contributed by atoms with Crippen LogP contribution in [0.2, 0.25) is 0 Å². The second-order valence-electron chi connectivity index (χ2n) is 5.22. The molecule has 0 saturated carbocycles. The Morgan fingerprint density at radius 2 is 1.86 bits per heavy atom. The van der Waals surface area contributed by atoms with Crippen molar-refractivity contribution in [3.63, 3.8) is 0 Å². The van der Waals surface area contributed by atoms with Crippen LogP contribution in [0.4, 0.5) is 0 Å². The number of nitrogens with one attached hydrogen (secondary N) is 1. The summed E-state index contributed by atoms with van der Waals surface area (Å²) in [4.78, 5) is 12.0. The lowest BCUT2D eigenvalue weighted by atomic mass is 10.2. The van der Waals surface area contributed by atoms with Crippen molar-refractivity contribution in [3.05, 3.63) is 54.4 Å². The van der Waals surface area contributed by atoms with Crippen LogP contribution in [0.1, 0.15) is 30.6 Å². The first-order valence-corrected chi connectivity index (χ1v) is 7.31. The van der Waals surface area contributed by atoms with Gasteiger partial charge in [0.1, 0.15) is 5.75 Å². The lowest BCUT2D eigenvalue weighted by Crippen LogP contribution is -2.25. The molecular formula is C17H22N2O2. The number of carbonyl (C=O) groups is 1. The highest BCUT2D eigenvalue weighted by Crippen LogP contribution is 2.13. The van der Waals surface area contributed by atoms with Gasteiger partial charge in [0.15, 0.2) is 0 Å². The number of carbonyl (C=O) groups excluding carboxylic acids is 1. The van der Waals surface area contributed by atoms with Gasteiger partial charge in [-0.3, -0.25) is 4.79 Å². The van der Waals surface area contributed by atoms with Crippen LogP contribution < -0.4 is 10.1 Å². The van der Waals surface area contributed by atoms with Gasteiger partial charge in [0.2, 0.25) is 0 Å². The molecule has 0 radical (unpaired) electrons. The molecule has 1 N–H and O–H groups in total. The number of benzene rings is 1. The highest BCUT2D eigenvalue weighted by molar-refractivity contribution is 5.94. The molecule has 4 heteroatoms. The maximum Gasteiger partial charge on any atom is 0.251 e. The Labute approximate surface area is 125 Å². The third-order valence-electron chi connectivity index (χ3n) is 3.03. The van der Waals surface area contributed by atoms with E-state index in [1.807, 2.05) is 50.5 Å². The summed E-state index contributed by atoms with van der Waals surface area (Å²) in [6.07, 6.45) is 5.10. The molecule has 0 spiro atoms. The molecule has 0 aliphatic heterocycles. The number of hydrogen-bond acceptors (Lipinski definition) is 2. The Morgan fingerprint density at radius 3 is 2.48 bits per heavy atom. The molecule has 1 aromatic carbocycles. The van der Waals surface area contributed by atoms with E-state index in [4.69, 9.17) is 4.74 Å². The number of rotatable bonds is 7. The van der Waals surface area contributed by atoms with Gasteiger partial charge in [-0.05, 0) is 56.7 Å². The summed E-state index contributed by atoms with van der Waals surface area (Å²) in [5.74, 6) is 0.743. The second-order valence-corrected chi connectivity index (χ2v) is 5.22. The first kappa shape index (κ1) is 15.2. The van der Waals surface area contributed by atoms with Crippen molar-refractivity contribution in [2.45, 2.75) is 32.9 Å². The van der Waals surface area contributed by atoms with Gasteiger partial charge in [0.05, 0.1) is 6.10 Å². The molecule has 0 bridgehead atoms. The highest BCUT2D eigenvalue weighted by atomic mass is 16.5. The van der Waals surface area contributed by atoms with E-state index in [1.165, 1.54) is 0 Å². The van der Waals surface area contributed by atoms with Crippen LogP contribution >= 0.6 is 0 Å². The first-order chi connectivity index (χ1) is 10.1. The fourth-order valence-corrected chi connectivity index (χ4v) is 2.04. The van der Waals surface area contributed by atoms with Crippen molar-refractivity contribution in [1.82, 2.24) is 9.88 Å². The van der Waals surface area contributed by atoms with Gasteiger partial charge < -0.3 is 14.6 Å². The maximum atomic E-state index is 12.0. The van der Waals surface area contributed by atoms with Gasteiger partial charge in [0, 0.05) is 31.0 Å². The molecule has 0 aliphatic carbocycles. The maximum absolute atomic E-state index is 12.0. The minimum absolute atomic E-state index is 0.0430. The number of nitrogens with zero attached hydrogens (tertiary/aromatic N) is 1. The Kier molecular flexibility index (Phi) is 5.43. The van der Waals surface area contributed by atoms with E-state index in [0.717, 1.165) is 18.7 Å². The zero-order chi connectivity index (χ0) is 15.1. The Morgan fingerprint density at radius 1 is 1.19 bits per heavy atom. The van der Waals surface area contributed by atoms with Crippen LogP contribution in [0.5, 0.6) is 5.75 Å². The van der Waals surface area contributed by atoms with Gasteiger partial charge in [-0.25, -0.2) is 0 Å². The summed E-state index contributed by atoms with van der Waals surface area (Å²) in [6.45, 7) is 5.53. The molecule has 4 nitrogen and oxygen atoms in total. The topological polar surface area (TPSA) is 43.3 Å². The molecule has 0 saturated heterocycles. The Hall–Kier alpha value is -2.23. The van der Waals surface area contributed by atoms with Crippen LogP contribution in [0.15, 0.2) is 48.8 Å². The molecule has 2 rings (SSSR count). The molecular weight excluding hydrogens is 264 g/mol. The van der Waals surface area contributed by atoms with Crippen LogP contribution in [0, 0.1) is 0 Å². The molecule has 1 amide bonds. The standard InChI is InChI=1S/C17H22N2O2/c1-14(2)21-16-8-6-15(7-9-16)17(20)18-10-5-13-19-11-3-4-12-19/h3-4,6-9,11-12,14H,5,10,13H2,1-2H3,(H,18,20). The van der Waals surface area contributed by atoms with E-state index in [9.17, 15) is 4.79 Å². The molecule has 21 heavy (non-hydrogen) atoms. The largest absolute Gasteiger partial charge is 0.491 e. The summed E-state index contributed by atoms with van der Waals surface area (Å²) >= 11 is 0. The highest BCUT2D eigenvalue weighted by Gasteiger charge is 2.05. The van der Waals surface area contributed by atoms with Crippen LogP contribution in [-0.2, 0) is 6.54 Å². The zero-order valence-corrected chi connectivity index (χ0v) is 12.6. The van der Waals surface area contributed by atoms with Crippen molar-refractivity contribution >= 4 is 5.91 Å². The van der Waals surface area contributed by atoms with Crippen molar-refractivity contribution < 1.29 is 9.53 Å². The molecule has 0 aliphatic rings. The number of aryl methyl sites for hydroxylation is 1. The van der Waals surface area contributed by atoms with Crippen LogP contribution in [-0.4, -0.2) is 23.1 Å². The smallest absolute Gasteiger partial charge is 0.251 e. The average Bonchev–Trinajstić information content (AvgIpc) is 2.97. The SMILES string of the molecule is CC(C)Oc1ccc(C(=O)NCCCn2cccc2)cc1. The summed E-state index contributed by atoms with van der Waals surface area (Å²) < 4.78 is 7.66. The van der Waals surface area contributed by atoms with E-state index in [2.05, 4.69) is 9.88 Å². The summed E-state index contributed by atoms with van der Waals surface area (Å²) in [7, 11) is 0. The minimum Gasteiger partial charge on any atom is -0.491 e. The van der Waals surface area contributed by atoms with E-state index in [-0.39, 0.29) is 12.0 Å². The molecule has 0 fully saturated rings. The third kappa shape index (κ3) is 4.99. The monoisotopic (exact) mass is 286 g/mol. The average molecular weight is 286 g/mol. The molecule has 2 aromatic rings. The lowest BCUT2D eigenvalue weighted by Gasteiger charge is -2.10. The fourth-order valence-electron chi connectivity index (χ4n) is 2.04. The number of hydrogen-bond donors (Lipinski definition) is 1. The summed E-state index contributed by atoms with van der Waals surface area (Å²) in [5, 5.41) is 2.93. The lowest BCUT2D eigenvalue weighted by molar-refractivity contribution is 0.0952. The van der Waals surface area contributed by atoms with Crippen LogP contribution in [0.3, 0.4) is 0 Å². The number of amides is 1. The predicted octanol–water partition coefficient (Wildman–Crippen LogP) is 3.10. The van der Waals surface area contributed by atoms with Crippen molar-refractivity contribution in [2.24, 2.45) is 0 Å². The van der Waals surface area contributed by atoms with E-state index in [0.29, 0.717) is 12.1 Å². The Bertz CT molecular complexity index is 545. The third-order valence-corrected chi connectivity index (χ3v) is 3.03. The molecule has 112 valence electrons.